The Morgan fingerprint density at radius 2 is 2.08 bits per heavy atom. The van der Waals surface area contributed by atoms with Crippen molar-refractivity contribution in [1.29, 1.82) is 0 Å². The van der Waals surface area contributed by atoms with Crippen LogP contribution in [0.25, 0.3) is 0 Å². The van der Waals surface area contributed by atoms with Gasteiger partial charge in [-0.05, 0) is 43.5 Å². The van der Waals surface area contributed by atoms with Crippen LogP contribution in [0.15, 0.2) is 24.3 Å². The average Bonchev–Trinajstić information content (AvgIpc) is 3.17. The molecule has 5 heteroatoms. The Balaban J connectivity index is 1.62. The largest absolute Gasteiger partial charge is 0.390 e. The van der Waals surface area contributed by atoms with E-state index in [9.17, 15) is 9.90 Å². The maximum Gasteiger partial charge on any atom is 0.222 e. The molecule has 1 aromatic carbocycles. The summed E-state index contributed by atoms with van der Waals surface area (Å²) in [5.41, 5.74) is 2.53. The Morgan fingerprint density at radius 3 is 2.79 bits per heavy atom. The molecule has 2 heterocycles. The lowest BCUT2D eigenvalue weighted by molar-refractivity contribution is -0.129. The first kappa shape index (κ1) is 17.2. The number of aliphatic hydroxyl groups excluding tert-OH is 1. The van der Waals surface area contributed by atoms with Gasteiger partial charge in [-0.2, -0.15) is 0 Å². The predicted octanol–water partition coefficient (Wildman–Crippen LogP) is 1.87. The number of anilines is 1. The fourth-order valence-corrected chi connectivity index (χ4v) is 3.91. The Kier molecular flexibility index (Phi) is 5.41. The zero-order chi connectivity index (χ0) is 17.1. The van der Waals surface area contributed by atoms with E-state index >= 15 is 0 Å². The molecule has 1 amide bonds. The number of β-amino-alcohol motifs (C(OH)–C–C–N with tert-alkyl or cyclic N) is 1. The minimum absolute atomic E-state index is 0.186. The molecule has 0 unspecified atom stereocenters. The van der Waals surface area contributed by atoms with Crippen molar-refractivity contribution in [2.45, 2.75) is 37.8 Å². The smallest absolute Gasteiger partial charge is 0.222 e. The van der Waals surface area contributed by atoms with Gasteiger partial charge in [0.2, 0.25) is 5.91 Å². The van der Waals surface area contributed by atoms with E-state index < -0.39 is 6.10 Å². The molecule has 1 aromatic rings. The van der Waals surface area contributed by atoms with Crippen LogP contribution in [0, 0.1) is 0 Å². The van der Waals surface area contributed by atoms with E-state index in [1.165, 1.54) is 11.3 Å². The number of hydrogen-bond donors (Lipinski definition) is 1. The van der Waals surface area contributed by atoms with Crippen LogP contribution in [0.3, 0.4) is 0 Å². The minimum Gasteiger partial charge on any atom is -0.390 e. The molecule has 0 aliphatic carbocycles. The average molecular weight is 331 g/mol. The van der Waals surface area contributed by atoms with E-state index in [-0.39, 0.29) is 5.91 Å². The summed E-state index contributed by atoms with van der Waals surface area (Å²) in [5, 5.41) is 10.5. The minimum atomic E-state index is -0.468. The van der Waals surface area contributed by atoms with Gasteiger partial charge in [-0.1, -0.05) is 12.1 Å². The molecule has 3 rings (SSSR count). The van der Waals surface area contributed by atoms with Crippen molar-refractivity contribution in [3.05, 3.63) is 29.8 Å². The van der Waals surface area contributed by atoms with Crippen LogP contribution in [0.2, 0.25) is 0 Å². The predicted molar refractivity (Wildman–Crippen MR) is 96.1 cm³/mol. The molecule has 0 aromatic heterocycles. The fourth-order valence-electron chi connectivity index (χ4n) is 3.91. The molecular weight excluding hydrogens is 302 g/mol. The topological polar surface area (TPSA) is 47.0 Å². The van der Waals surface area contributed by atoms with Crippen LogP contribution in [-0.2, 0) is 4.79 Å². The summed E-state index contributed by atoms with van der Waals surface area (Å²) in [6.45, 7) is 2.92. The number of benzene rings is 1. The first-order valence-electron chi connectivity index (χ1n) is 9.02. The number of likely N-dealkylation sites (tertiary alicyclic amines) is 2. The number of nitrogens with zero attached hydrogens (tertiary/aromatic N) is 3. The van der Waals surface area contributed by atoms with Crippen molar-refractivity contribution in [3.63, 3.8) is 0 Å². The van der Waals surface area contributed by atoms with Crippen molar-refractivity contribution in [1.82, 2.24) is 9.80 Å². The molecule has 5 nitrogen and oxygen atoms in total. The monoisotopic (exact) mass is 331 g/mol. The number of amides is 1. The highest BCUT2D eigenvalue weighted by molar-refractivity contribution is 5.78. The molecule has 0 radical (unpaired) electrons. The number of rotatable bonds is 6. The van der Waals surface area contributed by atoms with Gasteiger partial charge in [-0.25, -0.2) is 0 Å². The molecule has 0 bridgehead atoms. The standard InChI is InChI=1S/C19H29N3O2/c1-20(2)16-7-3-6-15(12-16)18-8-4-10-21(18)13-17(23)14-22-11-5-9-19(22)24/h3,6-7,12,17-18,23H,4-5,8-11,13-14H2,1-2H3/t17-,18+/m0/s1. The fraction of sp³-hybridized carbons (Fsp3) is 0.632. The Morgan fingerprint density at radius 1 is 1.25 bits per heavy atom. The van der Waals surface area contributed by atoms with Crippen molar-refractivity contribution in [2.75, 3.05) is 45.2 Å². The molecule has 24 heavy (non-hydrogen) atoms. The lowest BCUT2D eigenvalue weighted by Crippen LogP contribution is -2.40. The van der Waals surface area contributed by atoms with Crippen LogP contribution in [0.4, 0.5) is 5.69 Å². The third-order valence-electron chi connectivity index (χ3n) is 5.18. The summed E-state index contributed by atoms with van der Waals surface area (Å²) in [5.74, 6) is 0.186. The summed E-state index contributed by atoms with van der Waals surface area (Å²) in [7, 11) is 4.12. The van der Waals surface area contributed by atoms with Crippen LogP contribution < -0.4 is 4.90 Å². The first-order chi connectivity index (χ1) is 11.5. The van der Waals surface area contributed by atoms with Gasteiger partial charge in [0.05, 0.1) is 6.10 Å². The van der Waals surface area contributed by atoms with Crippen LogP contribution in [0.5, 0.6) is 0 Å². The molecule has 132 valence electrons. The van der Waals surface area contributed by atoms with Crippen molar-refractivity contribution in [3.8, 4) is 0 Å². The van der Waals surface area contributed by atoms with Crippen LogP contribution >= 0.6 is 0 Å². The van der Waals surface area contributed by atoms with E-state index in [0.29, 0.717) is 25.6 Å². The molecule has 2 aliphatic heterocycles. The molecule has 0 spiro atoms. The normalized spacial score (nSPS) is 23.0. The zero-order valence-corrected chi connectivity index (χ0v) is 14.8. The van der Waals surface area contributed by atoms with Crippen LogP contribution in [0.1, 0.15) is 37.3 Å². The number of hydrogen-bond acceptors (Lipinski definition) is 4. The van der Waals surface area contributed by atoms with Gasteiger partial charge in [0.1, 0.15) is 0 Å². The van der Waals surface area contributed by atoms with Gasteiger partial charge in [-0.15, -0.1) is 0 Å². The van der Waals surface area contributed by atoms with E-state index in [0.717, 1.165) is 32.4 Å². The molecular formula is C19H29N3O2. The second kappa shape index (κ2) is 7.53. The second-order valence-corrected chi connectivity index (χ2v) is 7.24. The Bertz CT molecular complexity index is 575. The second-order valence-electron chi connectivity index (χ2n) is 7.24. The quantitative estimate of drug-likeness (QED) is 0.864. The summed E-state index contributed by atoms with van der Waals surface area (Å²) in [6.07, 6.45) is 3.38. The molecule has 2 aliphatic rings. The van der Waals surface area contributed by atoms with Gasteiger partial charge in [0.25, 0.3) is 0 Å². The lowest BCUT2D eigenvalue weighted by Gasteiger charge is -2.29. The molecule has 2 fully saturated rings. The number of aliphatic hydroxyl groups is 1. The van der Waals surface area contributed by atoms with Gasteiger partial charge in [-0.3, -0.25) is 9.69 Å². The third kappa shape index (κ3) is 3.90. The van der Waals surface area contributed by atoms with Crippen molar-refractivity contribution >= 4 is 11.6 Å². The lowest BCUT2D eigenvalue weighted by atomic mass is 10.0. The van der Waals surface area contributed by atoms with Crippen molar-refractivity contribution < 1.29 is 9.90 Å². The third-order valence-corrected chi connectivity index (χ3v) is 5.18. The Labute approximate surface area is 144 Å². The van der Waals surface area contributed by atoms with E-state index in [2.05, 4.69) is 48.2 Å². The summed E-state index contributed by atoms with van der Waals surface area (Å²) >= 11 is 0. The molecule has 2 saturated heterocycles. The maximum absolute atomic E-state index is 11.7. The Hall–Kier alpha value is -1.59. The van der Waals surface area contributed by atoms with Gasteiger partial charge < -0.3 is 14.9 Å². The van der Waals surface area contributed by atoms with Gasteiger partial charge in [0.15, 0.2) is 0 Å². The highest BCUT2D eigenvalue weighted by atomic mass is 16.3. The van der Waals surface area contributed by atoms with Gasteiger partial charge in [0, 0.05) is 51.9 Å². The number of carbonyl (C=O) groups excluding carboxylic acids is 1. The van der Waals surface area contributed by atoms with E-state index in [1.54, 1.807) is 0 Å². The molecule has 1 N–H and O–H groups in total. The number of carbonyl (C=O) groups is 1. The van der Waals surface area contributed by atoms with E-state index in [4.69, 9.17) is 0 Å². The summed E-state index contributed by atoms with van der Waals surface area (Å²) in [6, 6.07) is 9.04. The van der Waals surface area contributed by atoms with Crippen molar-refractivity contribution in [2.24, 2.45) is 0 Å². The van der Waals surface area contributed by atoms with Gasteiger partial charge >= 0.3 is 0 Å². The highest BCUT2D eigenvalue weighted by Gasteiger charge is 2.29. The summed E-state index contributed by atoms with van der Waals surface area (Å²) < 4.78 is 0. The first-order valence-corrected chi connectivity index (χ1v) is 9.02. The molecule has 2 atom stereocenters. The summed E-state index contributed by atoms with van der Waals surface area (Å²) in [4.78, 5) is 18.0. The van der Waals surface area contributed by atoms with E-state index in [1.807, 2.05) is 4.90 Å². The SMILES string of the molecule is CN(C)c1cccc([C@H]2CCCN2C[C@H](O)CN2CCCC2=O)c1. The maximum atomic E-state index is 11.7. The zero-order valence-electron chi connectivity index (χ0n) is 14.8. The molecule has 0 saturated carbocycles. The van der Waals surface area contributed by atoms with Crippen LogP contribution in [-0.4, -0.2) is 67.2 Å². The highest BCUT2D eigenvalue weighted by Crippen LogP contribution is 2.33.